The van der Waals surface area contributed by atoms with Crippen LogP contribution in [0.4, 0.5) is 4.39 Å². The number of para-hydroxylation sites is 1. The van der Waals surface area contributed by atoms with Crippen LogP contribution in [0.5, 0.6) is 5.75 Å². The van der Waals surface area contributed by atoms with Crippen LogP contribution < -0.4 is 4.74 Å². The summed E-state index contributed by atoms with van der Waals surface area (Å²) in [5.74, 6) is -0.0681. The number of rotatable bonds is 6. The van der Waals surface area contributed by atoms with Gasteiger partial charge in [-0.2, -0.15) is 0 Å². The van der Waals surface area contributed by atoms with Gasteiger partial charge in [0.05, 0.1) is 6.61 Å². The third-order valence-electron chi connectivity index (χ3n) is 1.81. The summed E-state index contributed by atoms with van der Waals surface area (Å²) in [6.07, 6.45) is 2.98. The molecule has 2 nitrogen and oxygen atoms in total. The third-order valence-corrected chi connectivity index (χ3v) is 1.81. The Morgan fingerprint density at radius 2 is 2.07 bits per heavy atom. The van der Waals surface area contributed by atoms with Crippen LogP contribution in [0.1, 0.15) is 19.3 Å². The van der Waals surface area contributed by atoms with Gasteiger partial charge in [-0.1, -0.05) is 12.1 Å². The van der Waals surface area contributed by atoms with E-state index < -0.39 is 0 Å². The number of hydrogen-bond acceptors (Lipinski definition) is 2. The molecule has 3 heteroatoms. The molecule has 0 fully saturated rings. The lowest BCUT2D eigenvalue weighted by Crippen LogP contribution is -1.98. The minimum atomic E-state index is -0.345. The topological polar surface area (TPSA) is 26.3 Å². The smallest absolute Gasteiger partial charge is 0.165 e. The van der Waals surface area contributed by atoms with E-state index in [1.54, 1.807) is 18.2 Å². The predicted octanol–water partition coefficient (Wildman–Crippen LogP) is 2.57. The van der Waals surface area contributed by atoms with E-state index in [0.717, 1.165) is 19.1 Å². The summed E-state index contributed by atoms with van der Waals surface area (Å²) in [7, 11) is 0. The highest BCUT2D eigenvalue weighted by Gasteiger charge is 1.99. The van der Waals surface area contributed by atoms with Gasteiger partial charge in [-0.05, 0) is 25.0 Å². The van der Waals surface area contributed by atoms with Crippen molar-refractivity contribution in [1.82, 2.24) is 0 Å². The van der Waals surface area contributed by atoms with Crippen molar-refractivity contribution in [3.05, 3.63) is 30.1 Å². The van der Waals surface area contributed by atoms with Gasteiger partial charge in [-0.15, -0.1) is 0 Å². The van der Waals surface area contributed by atoms with Crippen LogP contribution in [0.25, 0.3) is 0 Å². The fourth-order valence-electron chi connectivity index (χ4n) is 1.07. The van der Waals surface area contributed by atoms with Gasteiger partial charge in [0.25, 0.3) is 0 Å². The maximum atomic E-state index is 13.0. The van der Waals surface area contributed by atoms with E-state index in [4.69, 9.17) is 4.74 Å². The first-order valence-electron chi connectivity index (χ1n) is 4.65. The van der Waals surface area contributed by atoms with Crippen molar-refractivity contribution < 1.29 is 13.9 Å². The Morgan fingerprint density at radius 3 is 2.79 bits per heavy atom. The molecule has 14 heavy (non-hydrogen) atoms. The minimum absolute atomic E-state index is 0.276. The van der Waals surface area contributed by atoms with Crippen LogP contribution in [-0.4, -0.2) is 12.9 Å². The van der Waals surface area contributed by atoms with Gasteiger partial charge in [0.1, 0.15) is 6.29 Å². The van der Waals surface area contributed by atoms with E-state index in [1.165, 1.54) is 6.07 Å². The molecule has 0 bridgehead atoms. The Morgan fingerprint density at radius 1 is 1.29 bits per heavy atom. The van der Waals surface area contributed by atoms with E-state index in [2.05, 4.69) is 0 Å². The molecule has 0 heterocycles. The van der Waals surface area contributed by atoms with Gasteiger partial charge in [-0.3, -0.25) is 0 Å². The molecule has 0 aliphatic heterocycles. The Labute approximate surface area is 82.7 Å². The predicted molar refractivity (Wildman–Crippen MR) is 51.8 cm³/mol. The van der Waals surface area contributed by atoms with Crippen molar-refractivity contribution in [2.75, 3.05) is 6.61 Å². The SMILES string of the molecule is O=CCCCCOc1ccccc1F. The molecular formula is C11H13FO2. The lowest BCUT2D eigenvalue weighted by Gasteiger charge is -2.05. The highest BCUT2D eigenvalue weighted by molar-refractivity contribution is 5.48. The van der Waals surface area contributed by atoms with Crippen LogP contribution in [0.3, 0.4) is 0 Å². The van der Waals surface area contributed by atoms with Gasteiger partial charge in [-0.25, -0.2) is 4.39 Å². The Balaban J connectivity index is 2.24. The second kappa shape index (κ2) is 6.13. The van der Waals surface area contributed by atoms with E-state index in [1.807, 2.05) is 0 Å². The lowest BCUT2D eigenvalue weighted by molar-refractivity contribution is -0.107. The molecule has 0 spiro atoms. The molecule has 1 aromatic carbocycles. The number of ether oxygens (including phenoxy) is 1. The van der Waals surface area contributed by atoms with Crippen molar-refractivity contribution in [3.63, 3.8) is 0 Å². The fraction of sp³-hybridized carbons (Fsp3) is 0.364. The van der Waals surface area contributed by atoms with E-state index >= 15 is 0 Å². The number of benzene rings is 1. The number of unbranched alkanes of at least 4 members (excludes halogenated alkanes) is 2. The third kappa shape index (κ3) is 3.56. The van der Waals surface area contributed by atoms with Gasteiger partial charge in [0.2, 0.25) is 0 Å². The van der Waals surface area contributed by atoms with Gasteiger partial charge in [0, 0.05) is 6.42 Å². The van der Waals surface area contributed by atoms with Crippen molar-refractivity contribution in [2.24, 2.45) is 0 Å². The maximum absolute atomic E-state index is 13.0. The Hall–Kier alpha value is -1.38. The summed E-state index contributed by atoms with van der Waals surface area (Å²) in [6.45, 7) is 0.453. The zero-order chi connectivity index (χ0) is 10.2. The number of aldehydes is 1. The van der Waals surface area contributed by atoms with Crippen molar-refractivity contribution in [2.45, 2.75) is 19.3 Å². The van der Waals surface area contributed by atoms with Crippen molar-refractivity contribution >= 4 is 6.29 Å². The standard InChI is InChI=1S/C11H13FO2/c12-10-6-2-3-7-11(10)14-9-5-1-4-8-13/h2-3,6-8H,1,4-5,9H2. The monoisotopic (exact) mass is 196 g/mol. The molecule has 76 valence electrons. The second-order valence-electron chi connectivity index (χ2n) is 2.94. The van der Waals surface area contributed by atoms with Crippen molar-refractivity contribution in [1.29, 1.82) is 0 Å². The number of carbonyl (C=O) groups excluding carboxylic acids is 1. The summed E-state index contributed by atoms with van der Waals surface area (Å²) in [6, 6.07) is 6.30. The second-order valence-corrected chi connectivity index (χ2v) is 2.94. The highest BCUT2D eigenvalue weighted by Crippen LogP contribution is 2.15. The van der Waals surface area contributed by atoms with Gasteiger partial charge in [0.15, 0.2) is 11.6 Å². The fourth-order valence-corrected chi connectivity index (χ4v) is 1.07. The molecule has 0 saturated carbocycles. The normalized spacial score (nSPS) is 9.79. The molecule has 0 aromatic heterocycles. The molecule has 0 aliphatic rings. The van der Waals surface area contributed by atoms with Crippen LogP contribution >= 0.6 is 0 Å². The maximum Gasteiger partial charge on any atom is 0.165 e. The zero-order valence-electron chi connectivity index (χ0n) is 7.91. The molecule has 0 saturated heterocycles. The highest BCUT2D eigenvalue weighted by atomic mass is 19.1. The average Bonchev–Trinajstić information content (AvgIpc) is 2.20. The van der Waals surface area contributed by atoms with Crippen LogP contribution in [0.15, 0.2) is 24.3 Å². The molecule has 0 N–H and O–H groups in total. The molecule has 0 aliphatic carbocycles. The Kier molecular flexibility index (Phi) is 4.69. The minimum Gasteiger partial charge on any atom is -0.491 e. The van der Waals surface area contributed by atoms with E-state index in [0.29, 0.717) is 13.0 Å². The largest absolute Gasteiger partial charge is 0.491 e. The summed E-state index contributed by atoms with van der Waals surface area (Å²) in [5.41, 5.74) is 0. The summed E-state index contributed by atoms with van der Waals surface area (Å²) in [5, 5.41) is 0. The van der Waals surface area contributed by atoms with Crippen LogP contribution in [0.2, 0.25) is 0 Å². The number of hydrogen-bond donors (Lipinski definition) is 0. The number of halogens is 1. The molecule has 0 unspecified atom stereocenters. The zero-order valence-corrected chi connectivity index (χ0v) is 7.91. The first kappa shape index (κ1) is 10.7. The molecule has 0 amide bonds. The quantitative estimate of drug-likeness (QED) is 0.516. The Bertz CT molecular complexity index is 286. The first-order valence-corrected chi connectivity index (χ1v) is 4.65. The number of carbonyl (C=O) groups is 1. The van der Waals surface area contributed by atoms with Crippen LogP contribution in [0, 0.1) is 5.82 Å². The van der Waals surface area contributed by atoms with Crippen LogP contribution in [-0.2, 0) is 4.79 Å². The van der Waals surface area contributed by atoms with Gasteiger partial charge < -0.3 is 9.53 Å². The summed E-state index contributed by atoms with van der Waals surface area (Å²) < 4.78 is 18.2. The first-order chi connectivity index (χ1) is 6.84. The molecule has 1 aromatic rings. The van der Waals surface area contributed by atoms with Gasteiger partial charge >= 0.3 is 0 Å². The lowest BCUT2D eigenvalue weighted by atomic mass is 10.2. The molecular weight excluding hydrogens is 183 g/mol. The molecule has 0 atom stereocenters. The van der Waals surface area contributed by atoms with E-state index in [-0.39, 0.29) is 11.6 Å². The van der Waals surface area contributed by atoms with Crippen molar-refractivity contribution in [3.8, 4) is 5.75 Å². The molecule has 0 radical (unpaired) electrons. The summed E-state index contributed by atoms with van der Waals surface area (Å²) >= 11 is 0. The van der Waals surface area contributed by atoms with E-state index in [9.17, 15) is 9.18 Å². The molecule has 1 rings (SSSR count). The average molecular weight is 196 g/mol. The summed E-state index contributed by atoms with van der Waals surface area (Å²) in [4.78, 5) is 9.99.